The molecule has 140 valence electrons. The highest BCUT2D eigenvalue weighted by atomic mass is 16.2. The van der Waals surface area contributed by atoms with Crippen molar-refractivity contribution in [2.24, 2.45) is 0 Å². The number of anilines is 2. The Hall–Kier alpha value is -3.15. The summed E-state index contributed by atoms with van der Waals surface area (Å²) in [7, 11) is 0. The highest BCUT2D eigenvalue weighted by Crippen LogP contribution is 2.16. The Kier molecular flexibility index (Phi) is 5.86. The third-order valence-corrected chi connectivity index (χ3v) is 4.62. The van der Waals surface area contributed by atoms with Crippen molar-refractivity contribution in [1.82, 2.24) is 4.90 Å². The van der Waals surface area contributed by atoms with Crippen LogP contribution in [0.2, 0.25) is 0 Å². The van der Waals surface area contributed by atoms with Crippen LogP contribution < -0.4 is 10.2 Å². The van der Waals surface area contributed by atoms with Gasteiger partial charge < -0.3 is 15.1 Å². The second kappa shape index (κ2) is 8.49. The number of hydrogen-bond acceptors (Lipinski definition) is 4. The number of amides is 2. The average Bonchev–Trinajstić information content (AvgIpc) is 2.69. The van der Waals surface area contributed by atoms with E-state index >= 15 is 0 Å². The molecule has 0 saturated carbocycles. The molecule has 0 bridgehead atoms. The van der Waals surface area contributed by atoms with Gasteiger partial charge in [0, 0.05) is 43.1 Å². The van der Waals surface area contributed by atoms with E-state index in [9.17, 15) is 14.4 Å². The van der Waals surface area contributed by atoms with Crippen LogP contribution in [0.3, 0.4) is 0 Å². The minimum Gasteiger partial charge on any atom is -0.368 e. The zero-order chi connectivity index (χ0) is 19.2. The van der Waals surface area contributed by atoms with Gasteiger partial charge in [0.2, 0.25) is 11.8 Å². The van der Waals surface area contributed by atoms with Crippen molar-refractivity contribution < 1.29 is 14.4 Å². The molecule has 1 aliphatic rings. The molecule has 1 aliphatic heterocycles. The van der Waals surface area contributed by atoms with Crippen LogP contribution >= 0.6 is 0 Å². The van der Waals surface area contributed by atoms with Gasteiger partial charge in [-0.25, -0.2) is 0 Å². The van der Waals surface area contributed by atoms with Crippen molar-refractivity contribution in [3.05, 3.63) is 60.2 Å². The van der Waals surface area contributed by atoms with E-state index in [1.165, 1.54) is 6.92 Å². The van der Waals surface area contributed by atoms with Crippen LogP contribution in [0.4, 0.5) is 11.4 Å². The van der Waals surface area contributed by atoms with Crippen molar-refractivity contribution in [3.63, 3.8) is 0 Å². The lowest BCUT2D eigenvalue weighted by atomic mass is 10.1. The van der Waals surface area contributed by atoms with Crippen molar-refractivity contribution in [2.75, 3.05) is 36.4 Å². The predicted molar refractivity (Wildman–Crippen MR) is 105 cm³/mol. The summed E-state index contributed by atoms with van der Waals surface area (Å²) in [5.74, 6) is -0.618. The van der Waals surface area contributed by atoms with Gasteiger partial charge in [0.25, 0.3) is 0 Å². The second-order valence-corrected chi connectivity index (χ2v) is 6.57. The molecule has 2 amide bonds. The smallest absolute Gasteiger partial charge is 0.233 e. The van der Waals surface area contributed by atoms with Crippen LogP contribution in [0.15, 0.2) is 54.6 Å². The van der Waals surface area contributed by atoms with Gasteiger partial charge in [-0.1, -0.05) is 30.3 Å². The summed E-state index contributed by atoms with van der Waals surface area (Å²) >= 11 is 0. The van der Waals surface area contributed by atoms with E-state index in [4.69, 9.17) is 0 Å². The largest absolute Gasteiger partial charge is 0.368 e. The zero-order valence-corrected chi connectivity index (χ0v) is 15.4. The summed E-state index contributed by atoms with van der Waals surface area (Å²) < 4.78 is 0. The number of para-hydroxylation sites is 1. The lowest BCUT2D eigenvalue weighted by Gasteiger charge is -2.36. The minimum atomic E-state index is -0.369. The Morgan fingerprint density at radius 1 is 0.926 bits per heavy atom. The molecule has 2 aromatic carbocycles. The number of rotatable bonds is 5. The van der Waals surface area contributed by atoms with Crippen LogP contribution in [-0.2, 0) is 9.59 Å². The Balaban J connectivity index is 1.50. The molecule has 6 nitrogen and oxygen atoms in total. The molecule has 27 heavy (non-hydrogen) atoms. The molecule has 1 saturated heterocycles. The standard InChI is InChI=1S/C21H23N3O3/c1-16(25)17-6-5-7-18(14-17)22-20(26)15-21(27)24-12-10-23(11-13-24)19-8-3-2-4-9-19/h2-9,14H,10-13,15H2,1H3,(H,22,26). The van der Waals surface area contributed by atoms with Crippen LogP contribution in [0, 0.1) is 0 Å². The number of carbonyl (C=O) groups excluding carboxylic acids is 3. The highest BCUT2D eigenvalue weighted by Gasteiger charge is 2.23. The fourth-order valence-electron chi connectivity index (χ4n) is 3.12. The number of ketones is 1. The van der Waals surface area contributed by atoms with Gasteiger partial charge in [-0.15, -0.1) is 0 Å². The first kappa shape index (κ1) is 18.6. The number of Topliss-reactive ketones (excluding diaryl/α,β-unsaturated/α-hetero) is 1. The van der Waals surface area contributed by atoms with Gasteiger partial charge in [-0.05, 0) is 31.2 Å². The molecule has 1 heterocycles. The molecule has 0 atom stereocenters. The normalized spacial score (nSPS) is 14.0. The number of carbonyl (C=O) groups is 3. The molecule has 0 aromatic heterocycles. The second-order valence-electron chi connectivity index (χ2n) is 6.57. The molecule has 2 aromatic rings. The van der Waals surface area contributed by atoms with Gasteiger partial charge in [-0.3, -0.25) is 14.4 Å². The van der Waals surface area contributed by atoms with E-state index in [1.807, 2.05) is 18.2 Å². The summed E-state index contributed by atoms with van der Waals surface area (Å²) in [6, 6.07) is 16.8. The van der Waals surface area contributed by atoms with Gasteiger partial charge in [0.15, 0.2) is 5.78 Å². The lowest BCUT2D eigenvalue weighted by Crippen LogP contribution is -2.49. The lowest BCUT2D eigenvalue weighted by molar-refractivity contribution is -0.134. The summed E-state index contributed by atoms with van der Waals surface area (Å²) in [5.41, 5.74) is 2.19. The van der Waals surface area contributed by atoms with Gasteiger partial charge in [0.05, 0.1) is 0 Å². The van der Waals surface area contributed by atoms with Gasteiger partial charge in [-0.2, -0.15) is 0 Å². The summed E-state index contributed by atoms with van der Waals surface area (Å²) in [6.45, 7) is 4.16. The number of benzene rings is 2. The van der Waals surface area contributed by atoms with Crippen molar-refractivity contribution in [2.45, 2.75) is 13.3 Å². The van der Waals surface area contributed by atoms with Gasteiger partial charge >= 0.3 is 0 Å². The molecule has 0 aliphatic carbocycles. The fraction of sp³-hybridized carbons (Fsp3) is 0.286. The molecular weight excluding hydrogens is 342 g/mol. The maximum Gasteiger partial charge on any atom is 0.233 e. The van der Waals surface area contributed by atoms with Crippen molar-refractivity contribution in [1.29, 1.82) is 0 Å². The van der Waals surface area contributed by atoms with Crippen LogP contribution in [0.25, 0.3) is 0 Å². The molecule has 3 rings (SSSR count). The van der Waals surface area contributed by atoms with E-state index in [2.05, 4.69) is 22.3 Å². The summed E-state index contributed by atoms with van der Waals surface area (Å²) in [4.78, 5) is 40.0. The zero-order valence-electron chi connectivity index (χ0n) is 15.4. The molecule has 0 radical (unpaired) electrons. The molecule has 1 fully saturated rings. The first-order chi connectivity index (χ1) is 13.0. The van der Waals surface area contributed by atoms with E-state index < -0.39 is 0 Å². The predicted octanol–water partition coefficient (Wildman–Crippen LogP) is 2.57. The first-order valence-corrected chi connectivity index (χ1v) is 9.01. The Labute approximate surface area is 158 Å². The van der Waals surface area contributed by atoms with Crippen LogP contribution in [-0.4, -0.2) is 48.7 Å². The van der Waals surface area contributed by atoms with Crippen molar-refractivity contribution in [3.8, 4) is 0 Å². The molecule has 0 unspecified atom stereocenters. The Bertz CT molecular complexity index is 828. The van der Waals surface area contributed by atoms with Crippen LogP contribution in [0.5, 0.6) is 0 Å². The SMILES string of the molecule is CC(=O)c1cccc(NC(=O)CC(=O)N2CCN(c3ccccc3)CC2)c1. The third kappa shape index (κ3) is 4.94. The first-order valence-electron chi connectivity index (χ1n) is 9.01. The monoisotopic (exact) mass is 365 g/mol. The molecule has 0 spiro atoms. The highest BCUT2D eigenvalue weighted by molar-refractivity contribution is 6.04. The summed E-state index contributed by atoms with van der Waals surface area (Å²) in [6.07, 6.45) is -0.199. The van der Waals surface area contributed by atoms with Crippen molar-refractivity contribution >= 4 is 29.0 Å². The van der Waals surface area contributed by atoms with E-state index in [-0.39, 0.29) is 24.0 Å². The Morgan fingerprint density at radius 2 is 1.63 bits per heavy atom. The minimum absolute atomic E-state index is 0.0709. The Morgan fingerprint density at radius 3 is 2.30 bits per heavy atom. The fourth-order valence-corrected chi connectivity index (χ4v) is 3.12. The maximum atomic E-state index is 12.4. The van der Waals surface area contributed by atoms with Crippen LogP contribution in [0.1, 0.15) is 23.7 Å². The topological polar surface area (TPSA) is 69.7 Å². The molecule has 1 N–H and O–H groups in total. The maximum absolute atomic E-state index is 12.4. The molecular formula is C21H23N3O3. The average molecular weight is 365 g/mol. The summed E-state index contributed by atoms with van der Waals surface area (Å²) in [5, 5.41) is 2.69. The number of piperazine rings is 1. The van der Waals surface area contributed by atoms with Gasteiger partial charge in [0.1, 0.15) is 6.42 Å². The van der Waals surface area contributed by atoms with E-state index in [0.29, 0.717) is 24.3 Å². The number of nitrogens with zero attached hydrogens (tertiary/aromatic N) is 2. The third-order valence-electron chi connectivity index (χ3n) is 4.62. The number of nitrogens with one attached hydrogen (secondary N) is 1. The quantitative estimate of drug-likeness (QED) is 0.653. The van der Waals surface area contributed by atoms with E-state index in [0.717, 1.165) is 18.8 Å². The molecule has 6 heteroatoms. The van der Waals surface area contributed by atoms with E-state index in [1.54, 1.807) is 29.2 Å². The number of hydrogen-bond donors (Lipinski definition) is 1.